The fourth-order valence-electron chi connectivity index (χ4n) is 8.79. The Labute approximate surface area is 315 Å². The van der Waals surface area contributed by atoms with Crippen molar-refractivity contribution >= 4 is 29.6 Å². The van der Waals surface area contributed by atoms with Gasteiger partial charge in [-0.25, -0.2) is 4.79 Å². The Balaban J connectivity index is 1.45. The number of likely N-dealkylation sites (tertiary alicyclic amines) is 1. The van der Waals surface area contributed by atoms with Crippen LogP contribution in [0.4, 0.5) is 0 Å². The number of aliphatic carboxylic acids is 1. The molecule has 2 saturated heterocycles. The number of rotatable bonds is 19. The first-order chi connectivity index (χ1) is 25.2. The number of carboxylic acid groups (broad SMARTS) is 1. The summed E-state index contributed by atoms with van der Waals surface area (Å²) in [6, 6.07) is 6.47. The van der Waals surface area contributed by atoms with Gasteiger partial charge in [0.1, 0.15) is 12.1 Å². The van der Waals surface area contributed by atoms with Crippen molar-refractivity contribution in [1.82, 2.24) is 25.8 Å². The predicted octanol–water partition coefficient (Wildman–Crippen LogP) is 3.00. The molecular formula is C40H63N5O8. The van der Waals surface area contributed by atoms with E-state index in [9.17, 15) is 29.1 Å². The van der Waals surface area contributed by atoms with Gasteiger partial charge in [-0.15, -0.1) is 0 Å². The highest BCUT2D eigenvalue weighted by molar-refractivity contribution is 5.90. The van der Waals surface area contributed by atoms with E-state index in [2.05, 4.69) is 16.0 Å². The summed E-state index contributed by atoms with van der Waals surface area (Å²) < 4.78 is 11.9. The summed E-state index contributed by atoms with van der Waals surface area (Å²) in [5, 5.41) is 19.1. The Hall–Kier alpha value is -3.55. The van der Waals surface area contributed by atoms with E-state index >= 15 is 0 Å². The number of amides is 4. The quantitative estimate of drug-likeness (QED) is 0.167. The second kappa shape index (κ2) is 19.2. The minimum atomic E-state index is -1.13. The van der Waals surface area contributed by atoms with Gasteiger partial charge >= 0.3 is 5.97 Å². The number of carbonyl (C=O) groups is 5. The Morgan fingerprint density at radius 3 is 2.25 bits per heavy atom. The van der Waals surface area contributed by atoms with E-state index in [0.717, 1.165) is 31.2 Å². The molecule has 4 N–H and O–H groups in total. The van der Waals surface area contributed by atoms with E-state index in [-0.39, 0.29) is 48.4 Å². The summed E-state index contributed by atoms with van der Waals surface area (Å²) in [6.45, 7) is 10.1. The van der Waals surface area contributed by atoms with Crippen LogP contribution in [0, 0.1) is 23.7 Å². The van der Waals surface area contributed by atoms with Gasteiger partial charge in [0.05, 0.1) is 42.7 Å². The lowest BCUT2D eigenvalue weighted by Crippen LogP contribution is -2.60. The van der Waals surface area contributed by atoms with Crippen molar-refractivity contribution in [3.05, 3.63) is 35.9 Å². The van der Waals surface area contributed by atoms with Crippen LogP contribution in [0.15, 0.2) is 30.3 Å². The maximum atomic E-state index is 14.2. The molecule has 1 aliphatic carbocycles. The number of hydrogen-bond donors (Lipinski definition) is 4. The normalized spacial score (nSPS) is 24.9. The van der Waals surface area contributed by atoms with Gasteiger partial charge < -0.3 is 40.3 Å². The van der Waals surface area contributed by atoms with Crippen molar-refractivity contribution in [3.8, 4) is 0 Å². The van der Waals surface area contributed by atoms with E-state index in [0.29, 0.717) is 31.3 Å². The van der Waals surface area contributed by atoms with Gasteiger partial charge in [-0.05, 0) is 55.4 Å². The number of benzene rings is 1. The topological polar surface area (TPSA) is 167 Å². The molecule has 0 radical (unpaired) electrons. The number of nitrogens with zero attached hydrogens (tertiary/aromatic N) is 2. The van der Waals surface area contributed by atoms with E-state index < -0.39 is 54.2 Å². The first-order valence-corrected chi connectivity index (χ1v) is 19.5. The third-order valence-corrected chi connectivity index (χ3v) is 12.0. The van der Waals surface area contributed by atoms with E-state index in [4.69, 9.17) is 9.47 Å². The van der Waals surface area contributed by atoms with Crippen LogP contribution in [-0.4, -0.2) is 121 Å². The van der Waals surface area contributed by atoms with Crippen molar-refractivity contribution in [2.45, 2.75) is 134 Å². The van der Waals surface area contributed by atoms with Crippen LogP contribution in [0.25, 0.3) is 0 Å². The van der Waals surface area contributed by atoms with Crippen molar-refractivity contribution in [3.63, 3.8) is 0 Å². The average Bonchev–Trinajstić information content (AvgIpc) is 3.92. The molecule has 13 nitrogen and oxygen atoms in total. The highest BCUT2D eigenvalue weighted by atomic mass is 16.5. The molecule has 13 heteroatoms. The van der Waals surface area contributed by atoms with Crippen LogP contribution in [0.5, 0.6) is 0 Å². The predicted molar refractivity (Wildman–Crippen MR) is 201 cm³/mol. The van der Waals surface area contributed by atoms with Gasteiger partial charge in [0.25, 0.3) is 0 Å². The Bertz CT molecular complexity index is 1410. The van der Waals surface area contributed by atoms with Crippen LogP contribution in [0.3, 0.4) is 0 Å². The second-order valence-corrected chi connectivity index (χ2v) is 15.8. The monoisotopic (exact) mass is 741 g/mol. The minimum absolute atomic E-state index is 0.00255. The molecule has 3 aliphatic rings. The van der Waals surface area contributed by atoms with Gasteiger partial charge in [-0.2, -0.15) is 0 Å². The fourth-order valence-corrected chi connectivity index (χ4v) is 8.79. The maximum Gasteiger partial charge on any atom is 0.326 e. The van der Waals surface area contributed by atoms with Crippen LogP contribution in [-0.2, 0) is 39.9 Å². The number of ether oxygens (including phenoxy) is 2. The van der Waals surface area contributed by atoms with Crippen molar-refractivity contribution < 1.29 is 38.6 Å². The molecule has 1 saturated carbocycles. The summed E-state index contributed by atoms with van der Waals surface area (Å²) in [7, 11) is 4.78. The molecule has 0 spiro atoms. The number of nitrogens with one attached hydrogen (secondary N) is 3. The Morgan fingerprint density at radius 2 is 1.70 bits per heavy atom. The van der Waals surface area contributed by atoms with Crippen molar-refractivity contribution in [1.29, 1.82) is 0 Å². The molecule has 2 heterocycles. The maximum absolute atomic E-state index is 14.2. The number of methoxy groups -OCH3 is 2. The third-order valence-electron chi connectivity index (χ3n) is 12.0. The van der Waals surface area contributed by atoms with Crippen LogP contribution < -0.4 is 16.0 Å². The summed E-state index contributed by atoms with van der Waals surface area (Å²) in [6.07, 6.45) is 3.98. The molecule has 2 bridgehead atoms. The zero-order valence-corrected chi connectivity index (χ0v) is 32.9. The molecule has 1 aromatic carbocycles. The second-order valence-electron chi connectivity index (χ2n) is 15.8. The molecule has 3 fully saturated rings. The molecule has 2 aliphatic heterocycles. The molecule has 4 amide bonds. The summed E-state index contributed by atoms with van der Waals surface area (Å²) in [4.78, 5) is 70.7. The SMILES string of the molecule is CCC(C)C(C(CC(=O)N1CCC[C@H]1C(OC)C(C)C(=O)NC(Cc1ccccc1)C(=O)O)OC)N(C)C(=O)C(NC(=O)[C@H]1N[C@@H]2CC[C@H]1C2)C(C)C. The standard InChI is InChI=1S/C40H63N5O8/c1-9-24(4)35(44(6)39(49)33(23(2)3)43-38(48)34-27-17-18-28(21-27)41-34)31(52-7)22-32(46)45-19-13-16-30(45)36(53-8)25(5)37(47)42-29(40(50)51)20-26-14-11-10-12-15-26/h10-12,14-15,23-25,27-31,33-36,41H,9,13,16-22H2,1-8H3,(H,42,47)(H,43,48)(H,50,51)/t24?,25?,27-,28+,29?,30-,31?,33?,34-,35?,36?/m0/s1. The molecule has 4 rings (SSSR count). The number of hydrogen-bond acceptors (Lipinski definition) is 8. The third kappa shape index (κ3) is 10.2. The highest BCUT2D eigenvalue weighted by Gasteiger charge is 2.46. The molecule has 0 aromatic heterocycles. The lowest BCUT2D eigenvalue weighted by Gasteiger charge is -2.41. The molecule has 53 heavy (non-hydrogen) atoms. The average molecular weight is 742 g/mol. The number of piperidine rings is 1. The van der Waals surface area contributed by atoms with Crippen LogP contribution in [0.2, 0.25) is 0 Å². The molecule has 7 unspecified atom stereocenters. The molecular weight excluding hydrogens is 678 g/mol. The van der Waals surface area contributed by atoms with E-state index in [1.54, 1.807) is 30.9 Å². The number of carboxylic acids is 1. The Kier molecular flexibility index (Phi) is 15.3. The highest BCUT2D eigenvalue weighted by Crippen LogP contribution is 2.35. The number of likely N-dealkylation sites (N-methyl/N-ethyl adjacent to an activating group) is 1. The van der Waals surface area contributed by atoms with Gasteiger partial charge in [0.2, 0.25) is 23.6 Å². The van der Waals surface area contributed by atoms with Gasteiger partial charge in [-0.3, -0.25) is 19.2 Å². The molecule has 1 aromatic rings. The van der Waals surface area contributed by atoms with Crippen molar-refractivity contribution in [2.24, 2.45) is 23.7 Å². The van der Waals surface area contributed by atoms with Gasteiger partial charge in [0.15, 0.2) is 0 Å². The molecule has 296 valence electrons. The minimum Gasteiger partial charge on any atom is -0.480 e. The van der Waals surface area contributed by atoms with E-state index in [1.165, 1.54) is 7.11 Å². The first-order valence-electron chi connectivity index (χ1n) is 19.5. The Morgan fingerprint density at radius 1 is 1.00 bits per heavy atom. The summed E-state index contributed by atoms with van der Waals surface area (Å²) in [5.41, 5.74) is 0.789. The van der Waals surface area contributed by atoms with E-state index in [1.807, 2.05) is 58.0 Å². The van der Waals surface area contributed by atoms with Crippen LogP contribution in [0.1, 0.15) is 85.1 Å². The zero-order chi connectivity index (χ0) is 39.0. The lowest BCUT2D eigenvalue weighted by molar-refractivity contribution is -0.148. The van der Waals surface area contributed by atoms with Crippen molar-refractivity contribution in [2.75, 3.05) is 27.8 Å². The smallest absolute Gasteiger partial charge is 0.326 e. The lowest BCUT2D eigenvalue weighted by atomic mass is 9.89. The number of carbonyl (C=O) groups excluding carboxylic acids is 4. The fraction of sp³-hybridized carbons (Fsp3) is 0.725. The van der Waals surface area contributed by atoms with Gasteiger partial charge in [0, 0.05) is 40.3 Å². The first kappa shape index (κ1) is 42.2. The number of fused-ring (bicyclic) bond motifs is 2. The zero-order valence-electron chi connectivity index (χ0n) is 32.9. The summed E-state index contributed by atoms with van der Waals surface area (Å²) in [5.74, 6) is -2.77. The largest absolute Gasteiger partial charge is 0.480 e. The molecule has 11 atom stereocenters. The van der Waals surface area contributed by atoms with Gasteiger partial charge in [-0.1, -0.05) is 71.4 Å². The van der Waals surface area contributed by atoms with Crippen LogP contribution >= 0.6 is 0 Å². The summed E-state index contributed by atoms with van der Waals surface area (Å²) >= 11 is 0.